The summed E-state index contributed by atoms with van der Waals surface area (Å²) in [5.41, 5.74) is 7.73. The maximum absolute atomic E-state index is 11.9. The van der Waals surface area contributed by atoms with Crippen molar-refractivity contribution in [1.82, 2.24) is 19.8 Å². The van der Waals surface area contributed by atoms with E-state index in [0.29, 0.717) is 53.9 Å². The van der Waals surface area contributed by atoms with Crippen LogP contribution in [0.3, 0.4) is 0 Å². The van der Waals surface area contributed by atoms with Gasteiger partial charge in [0.05, 0.1) is 12.9 Å². The molecule has 1 aromatic heterocycles. The number of aliphatic imine (C=N–C) groups is 1. The van der Waals surface area contributed by atoms with E-state index in [1.54, 1.807) is 24.1 Å². The Kier molecular flexibility index (Phi) is 14.6. The van der Waals surface area contributed by atoms with Crippen molar-refractivity contribution in [3.8, 4) is 6.01 Å². The van der Waals surface area contributed by atoms with E-state index in [-0.39, 0.29) is 11.9 Å². The summed E-state index contributed by atoms with van der Waals surface area (Å²) in [5, 5.41) is 1.25. The van der Waals surface area contributed by atoms with Gasteiger partial charge in [0, 0.05) is 33.2 Å². The first-order valence-corrected chi connectivity index (χ1v) is 14.0. The van der Waals surface area contributed by atoms with Crippen LogP contribution < -0.4 is 15.4 Å². The van der Waals surface area contributed by atoms with Crippen molar-refractivity contribution in [3.05, 3.63) is 53.1 Å². The van der Waals surface area contributed by atoms with Crippen molar-refractivity contribution >= 4 is 46.1 Å². The summed E-state index contributed by atoms with van der Waals surface area (Å²) in [6, 6.07) is 5.29. The zero-order valence-electron chi connectivity index (χ0n) is 24.9. The number of hydrogen-bond acceptors (Lipinski definition) is 7. The van der Waals surface area contributed by atoms with Crippen molar-refractivity contribution in [2.75, 3.05) is 65.4 Å². The molecule has 228 valence electrons. The fourth-order valence-corrected chi connectivity index (χ4v) is 4.36. The summed E-state index contributed by atoms with van der Waals surface area (Å²) in [7, 11) is 5.32. The molecule has 41 heavy (non-hydrogen) atoms. The second kappa shape index (κ2) is 17.3. The number of amides is 1. The maximum atomic E-state index is 11.9. The number of rotatable bonds is 6. The van der Waals surface area contributed by atoms with Crippen LogP contribution in [0.15, 0.2) is 35.4 Å². The number of likely N-dealkylation sites (tertiary alicyclic amines) is 1. The van der Waals surface area contributed by atoms with Crippen LogP contribution in [0.4, 0.5) is 5.82 Å². The molecule has 0 spiro atoms. The molecular formula is C30H42CfClN7O2-2. The summed E-state index contributed by atoms with van der Waals surface area (Å²) < 4.78 is 5.31. The number of ether oxygens (including phenoxy) is 1. The smallest absolute Gasteiger partial charge is 0.316 e. The molecule has 2 aromatic rings. The van der Waals surface area contributed by atoms with Crippen LogP contribution in [0.5, 0.6) is 6.01 Å². The van der Waals surface area contributed by atoms with Gasteiger partial charge < -0.3 is 25.2 Å². The van der Waals surface area contributed by atoms with E-state index in [2.05, 4.69) is 50.5 Å². The van der Waals surface area contributed by atoms with E-state index >= 15 is 0 Å². The molecule has 2 N–H and O–H groups in total. The number of aromatic nitrogens is 2. The number of nitrogens with zero attached hydrogens (tertiary/aromatic N) is 6. The van der Waals surface area contributed by atoms with Crippen LogP contribution in [0, 0.1) is 12.1 Å². The zero-order valence-corrected chi connectivity index (χ0v) is 28.3. The van der Waals surface area contributed by atoms with Gasteiger partial charge in [-0.05, 0) is 50.0 Å². The molecular weight excluding hydrogens is 777 g/mol. The van der Waals surface area contributed by atoms with Crippen molar-refractivity contribution < 1.29 is 9.53 Å². The third-order valence-corrected chi connectivity index (χ3v) is 6.64. The topological polar surface area (TPSA) is 100 Å². The van der Waals surface area contributed by atoms with Crippen molar-refractivity contribution in [1.29, 1.82) is 0 Å². The van der Waals surface area contributed by atoms with Gasteiger partial charge in [-0.15, -0.1) is 12.1 Å². The van der Waals surface area contributed by atoms with Gasteiger partial charge in [-0.3, -0.25) is 9.79 Å². The summed E-state index contributed by atoms with van der Waals surface area (Å²) in [4.78, 5) is 31.0. The number of nitrogens with two attached hydrogens (primary N) is 1. The number of hydrogen-bond donors (Lipinski definition) is 1. The van der Waals surface area contributed by atoms with E-state index in [9.17, 15) is 4.79 Å². The number of piperazine rings is 1. The number of benzene rings is 1. The fraction of sp³-hybridized carbons (Fsp3) is 0.467. The monoisotopic (exact) mass is 816 g/mol. The molecule has 1 amide bonds. The quantitative estimate of drug-likeness (QED) is 0.152. The van der Waals surface area contributed by atoms with Gasteiger partial charge in [0.2, 0.25) is 5.91 Å². The van der Waals surface area contributed by atoms with Gasteiger partial charge in [0.25, 0.3) is 0 Å². The molecule has 2 aliphatic heterocycles. The Morgan fingerprint density at radius 2 is 1.83 bits per heavy atom. The SMILES string of the molecule is C=CC(=O)N1CCN(c2nc(OC)nc3[c-]c(C=[C-]/C(C)=C\C(N)=NC)c(Cl)cc23)CC1.CC.CN1CCCC1.[Cf]. The number of allylic oxidation sites excluding steroid dienone is 2. The van der Waals surface area contributed by atoms with Crippen molar-refractivity contribution in [2.45, 2.75) is 33.6 Å². The van der Waals surface area contributed by atoms with Crippen molar-refractivity contribution in [2.24, 2.45) is 10.7 Å². The average molecular weight is 819 g/mol. The molecule has 0 radical (unpaired) electrons. The van der Waals surface area contributed by atoms with Gasteiger partial charge in [-0.2, -0.15) is 28.2 Å². The molecule has 0 bridgehead atoms. The molecule has 3 heterocycles. The molecule has 0 aliphatic carbocycles. The van der Waals surface area contributed by atoms with Crippen LogP contribution in [-0.2, 0) is 4.79 Å². The van der Waals surface area contributed by atoms with E-state index < -0.39 is 0 Å². The standard InChI is InChI=1S/C23H25ClN6O2.C5H11N.C2H6.Cf/c1-5-21(31)29-8-10-30(11-9-29)22-17-14-18(24)16(7-6-15(2)12-20(25)26-3)13-19(17)27-23(28-22)32-4;1-6-4-2-3-5-6;1-2;/h5,7,12,14H,1,8-11H2,2-4H3,(H2,25,26);2-5H2,1H3;1-2H3;/q-2;;;/b15-12-;;;. The predicted molar refractivity (Wildman–Crippen MR) is 166 cm³/mol. The van der Waals surface area contributed by atoms with Gasteiger partial charge in [0.1, 0.15) is 5.82 Å². The van der Waals surface area contributed by atoms with E-state index in [0.717, 1.165) is 11.0 Å². The Labute approximate surface area is 244 Å². The Hall–Kier alpha value is -4.43. The summed E-state index contributed by atoms with van der Waals surface area (Å²) in [6.45, 7) is 14.4. The minimum atomic E-state index is -0.0739. The molecule has 2 fully saturated rings. The molecule has 0 atom stereocenters. The van der Waals surface area contributed by atoms with Gasteiger partial charge in [0.15, 0.2) is 0 Å². The molecule has 2 aliphatic rings. The van der Waals surface area contributed by atoms with E-state index in [1.165, 1.54) is 39.1 Å². The predicted octanol–water partition coefficient (Wildman–Crippen LogP) is 4.41. The van der Waals surface area contributed by atoms with Crippen molar-refractivity contribution in [3.63, 3.8) is 0 Å². The first-order chi connectivity index (χ1) is 19.2. The normalized spacial score (nSPS) is 16.0. The second-order valence-electron chi connectivity index (χ2n) is 9.12. The van der Waals surface area contributed by atoms with Gasteiger partial charge in [-0.25, -0.2) is 22.7 Å². The largest absolute Gasteiger partial charge is 0.467 e. The first-order valence-electron chi connectivity index (χ1n) is 13.6. The molecule has 9 nitrogen and oxygen atoms in total. The Morgan fingerprint density at radius 1 is 1.20 bits per heavy atom. The van der Waals surface area contributed by atoms with E-state index in [4.69, 9.17) is 22.1 Å². The molecule has 0 unspecified atom stereocenters. The Bertz CT molecular complexity index is 1240. The van der Waals surface area contributed by atoms with Gasteiger partial charge in [-0.1, -0.05) is 32.4 Å². The number of carbonyl (C=O) groups is 1. The number of fused-ring (bicyclic) bond motifs is 1. The van der Waals surface area contributed by atoms with Crippen LogP contribution in [0.25, 0.3) is 17.0 Å². The molecule has 1 aromatic carbocycles. The molecule has 4 rings (SSSR count). The second-order valence-corrected chi connectivity index (χ2v) is 9.53. The number of carbonyl (C=O) groups excluding carboxylic acids is 1. The minimum absolute atomic E-state index is 0. The Balaban J connectivity index is 0.000000815. The van der Waals surface area contributed by atoms with Crippen LogP contribution in [0.2, 0.25) is 5.02 Å². The number of amidine groups is 1. The summed E-state index contributed by atoms with van der Waals surface area (Å²) in [5.74, 6) is 1.03. The number of halogens is 1. The number of methoxy groups -OCH3 is 1. The maximum Gasteiger partial charge on any atom is 0.316 e. The van der Waals surface area contributed by atoms with E-state index in [1.807, 2.05) is 26.8 Å². The molecule has 2 saturated heterocycles. The van der Waals surface area contributed by atoms with Crippen LogP contribution in [0.1, 0.15) is 39.2 Å². The summed E-state index contributed by atoms with van der Waals surface area (Å²) in [6.07, 6.45) is 10.7. The van der Waals surface area contributed by atoms with Crippen LogP contribution in [-0.4, -0.2) is 92.0 Å². The molecule has 11 heteroatoms. The third kappa shape index (κ3) is 9.92. The molecule has 0 saturated carbocycles. The Morgan fingerprint density at radius 3 is 2.34 bits per heavy atom. The summed E-state index contributed by atoms with van der Waals surface area (Å²) >= 11 is 6.55. The average Bonchev–Trinajstić information content (AvgIpc) is 3.47. The third-order valence-electron chi connectivity index (χ3n) is 6.33. The first kappa shape index (κ1) is 34.6. The van der Waals surface area contributed by atoms with Crippen LogP contribution >= 0.6 is 11.6 Å². The fourth-order valence-electron chi connectivity index (χ4n) is 4.15. The zero-order chi connectivity index (χ0) is 29.7. The van der Waals surface area contributed by atoms with Gasteiger partial charge >= 0.3 is 6.01 Å². The number of anilines is 1. The minimum Gasteiger partial charge on any atom is -0.467 e.